The highest BCUT2D eigenvalue weighted by atomic mass is 16.5. The van der Waals surface area contributed by atoms with Crippen molar-refractivity contribution in [3.63, 3.8) is 0 Å². The molecule has 0 radical (unpaired) electrons. The van der Waals surface area contributed by atoms with E-state index in [1.165, 1.54) is 0 Å². The lowest BCUT2D eigenvalue weighted by atomic mass is 10.1. The molecule has 0 saturated carbocycles. The summed E-state index contributed by atoms with van der Waals surface area (Å²) in [5.41, 5.74) is 1.87. The first-order chi connectivity index (χ1) is 15.5. The van der Waals surface area contributed by atoms with Crippen LogP contribution in [-0.2, 0) is 11.3 Å². The van der Waals surface area contributed by atoms with Gasteiger partial charge in [-0.15, -0.1) is 0 Å². The fourth-order valence-electron chi connectivity index (χ4n) is 2.89. The molecule has 3 N–H and O–H groups in total. The number of benzene rings is 2. The van der Waals surface area contributed by atoms with E-state index in [0.717, 1.165) is 12.2 Å². The van der Waals surface area contributed by atoms with Gasteiger partial charge in [-0.05, 0) is 66.9 Å². The number of furan rings is 1. The molecule has 1 aromatic heterocycles. The van der Waals surface area contributed by atoms with Gasteiger partial charge < -0.3 is 25.1 Å². The van der Waals surface area contributed by atoms with Gasteiger partial charge in [-0.3, -0.25) is 9.59 Å². The first-order valence-corrected chi connectivity index (χ1v) is 10.7. The maximum Gasteiger partial charge on any atom is 0.251 e. The van der Waals surface area contributed by atoms with Crippen molar-refractivity contribution < 1.29 is 18.7 Å². The molecule has 1 heterocycles. The first-order valence-electron chi connectivity index (χ1n) is 10.7. The minimum Gasteiger partial charge on any atom is -0.494 e. The predicted octanol–water partition coefficient (Wildman–Crippen LogP) is 4.69. The average Bonchev–Trinajstić information content (AvgIpc) is 3.31. The van der Waals surface area contributed by atoms with Crippen LogP contribution in [0.2, 0.25) is 0 Å². The van der Waals surface area contributed by atoms with Crippen molar-refractivity contribution in [2.75, 3.05) is 23.8 Å². The Morgan fingerprint density at radius 3 is 2.53 bits per heavy atom. The van der Waals surface area contributed by atoms with Crippen molar-refractivity contribution >= 4 is 23.2 Å². The van der Waals surface area contributed by atoms with Crippen LogP contribution < -0.4 is 20.7 Å². The largest absolute Gasteiger partial charge is 0.494 e. The summed E-state index contributed by atoms with van der Waals surface area (Å²) in [5, 5.41) is 8.68. The minimum absolute atomic E-state index is 0.0735. The molecule has 0 atom stereocenters. The van der Waals surface area contributed by atoms with Crippen LogP contribution in [0.3, 0.4) is 0 Å². The van der Waals surface area contributed by atoms with E-state index in [9.17, 15) is 9.59 Å². The minimum atomic E-state index is -0.217. The van der Waals surface area contributed by atoms with Crippen LogP contribution in [0.25, 0.3) is 0 Å². The van der Waals surface area contributed by atoms with Crippen LogP contribution in [0.4, 0.5) is 11.4 Å². The maximum absolute atomic E-state index is 12.3. The SMILES string of the molecule is CC(C)CCOc1ccc(NC(=O)CNc2cccc(C(=O)NCc3ccco3)c2)cc1. The number of carbonyl (C=O) groups excluding carboxylic acids is 2. The molecule has 0 aliphatic rings. The molecule has 168 valence electrons. The Morgan fingerprint density at radius 2 is 1.81 bits per heavy atom. The standard InChI is InChI=1S/C25H29N3O4/c1-18(2)12-14-32-22-10-8-20(9-11-22)28-24(29)17-26-21-6-3-5-19(15-21)25(30)27-16-23-7-4-13-31-23/h3-11,13,15,18,26H,12,14,16-17H2,1-2H3,(H,27,30)(H,28,29). The molecule has 7 heteroatoms. The zero-order chi connectivity index (χ0) is 22.8. The Balaban J connectivity index is 1.44. The number of hydrogen-bond acceptors (Lipinski definition) is 5. The molecule has 2 aromatic carbocycles. The molecule has 0 fully saturated rings. The second kappa shape index (κ2) is 11.6. The molecular weight excluding hydrogens is 406 g/mol. The molecular formula is C25H29N3O4. The van der Waals surface area contributed by atoms with Gasteiger partial charge in [-0.25, -0.2) is 0 Å². The fourth-order valence-corrected chi connectivity index (χ4v) is 2.89. The van der Waals surface area contributed by atoms with E-state index in [2.05, 4.69) is 29.8 Å². The molecule has 3 aromatic rings. The average molecular weight is 436 g/mol. The van der Waals surface area contributed by atoms with Gasteiger partial charge in [-0.1, -0.05) is 19.9 Å². The number of ether oxygens (including phenoxy) is 1. The number of amides is 2. The van der Waals surface area contributed by atoms with Crippen LogP contribution in [0.15, 0.2) is 71.3 Å². The summed E-state index contributed by atoms with van der Waals surface area (Å²) in [6, 6.07) is 17.9. The quantitative estimate of drug-likeness (QED) is 0.407. The maximum atomic E-state index is 12.3. The molecule has 0 aliphatic heterocycles. The summed E-state index contributed by atoms with van der Waals surface area (Å²) in [6.07, 6.45) is 2.56. The van der Waals surface area contributed by atoms with Crippen LogP contribution in [-0.4, -0.2) is 25.0 Å². The molecule has 0 unspecified atom stereocenters. The van der Waals surface area contributed by atoms with Gasteiger partial charge in [0, 0.05) is 16.9 Å². The topological polar surface area (TPSA) is 92.6 Å². The van der Waals surface area contributed by atoms with Crippen LogP contribution >= 0.6 is 0 Å². The number of nitrogens with one attached hydrogen (secondary N) is 3. The van der Waals surface area contributed by atoms with E-state index >= 15 is 0 Å². The Kier molecular flexibility index (Phi) is 8.31. The first kappa shape index (κ1) is 22.9. The van der Waals surface area contributed by atoms with Gasteiger partial charge in [0.25, 0.3) is 5.91 Å². The molecule has 0 aliphatic carbocycles. The van der Waals surface area contributed by atoms with Gasteiger partial charge in [-0.2, -0.15) is 0 Å². The lowest BCUT2D eigenvalue weighted by Gasteiger charge is -2.11. The highest BCUT2D eigenvalue weighted by Gasteiger charge is 2.08. The molecule has 32 heavy (non-hydrogen) atoms. The van der Waals surface area contributed by atoms with Gasteiger partial charge in [0.15, 0.2) is 0 Å². The van der Waals surface area contributed by atoms with Crippen molar-refractivity contribution in [1.82, 2.24) is 5.32 Å². The van der Waals surface area contributed by atoms with E-state index in [1.807, 2.05) is 24.3 Å². The number of carbonyl (C=O) groups is 2. The Morgan fingerprint density at radius 1 is 1.00 bits per heavy atom. The van der Waals surface area contributed by atoms with Crippen molar-refractivity contribution in [2.24, 2.45) is 5.92 Å². The molecule has 2 amide bonds. The summed E-state index contributed by atoms with van der Waals surface area (Å²) in [4.78, 5) is 24.6. The fraction of sp³-hybridized carbons (Fsp3) is 0.280. The highest BCUT2D eigenvalue weighted by molar-refractivity contribution is 5.96. The van der Waals surface area contributed by atoms with Gasteiger partial charge in [0.1, 0.15) is 11.5 Å². The van der Waals surface area contributed by atoms with Crippen molar-refractivity contribution in [3.8, 4) is 5.75 Å². The molecule has 0 saturated heterocycles. The molecule has 0 spiro atoms. The molecule has 3 rings (SSSR count). The zero-order valence-corrected chi connectivity index (χ0v) is 18.4. The third-order valence-corrected chi connectivity index (χ3v) is 4.68. The van der Waals surface area contributed by atoms with Gasteiger partial charge >= 0.3 is 0 Å². The van der Waals surface area contributed by atoms with Crippen molar-refractivity contribution in [3.05, 3.63) is 78.3 Å². The number of rotatable bonds is 11. The summed E-state index contributed by atoms with van der Waals surface area (Å²) >= 11 is 0. The Hall–Kier alpha value is -3.74. The van der Waals surface area contributed by atoms with E-state index in [0.29, 0.717) is 41.8 Å². The van der Waals surface area contributed by atoms with Crippen LogP contribution in [0, 0.1) is 5.92 Å². The molecule has 0 bridgehead atoms. The molecule has 7 nitrogen and oxygen atoms in total. The summed E-state index contributed by atoms with van der Waals surface area (Å²) in [7, 11) is 0. The number of anilines is 2. The predicted molar refractivity (Wildman–Crippen MR) is 125 cm³/mol. The Labute approximate surface area is 188 Å². The van der Waals surface area contributed by atoms with Gasteiger partial charge in [0.2, 0.25) is 5.91 Å². The van der Waals surface area contributed by atoms with Gasteiger partial charge in [0.05, 0.1) is 26.0 Å². The monoisotopic (exact) mass is 435 g/mol. The third-order valence-electron chi connectivity index (χ3n) is 4.68. The van der Waals surface area contributed by atoms with E-state index in [1.54, 1.807) is 42.7 Å². The lowest BCUT2D eigenvalue weighted by Crippen LogP contribution is -2.23. The summed E-state index contributed by atoms with van der Waals surface area (Å²) in [6.45, 7) is 5.37. The number of hydrogen-bond donors (Lipinski definition) is 3. The normalized spacial score (nSPS) is 10.6. The summed E-state index contributed by atoms with van der Waals surface area (Å²) < 4.78 is 10.9. The van der Waals surface area contributed by atoms with E-state index in [4.69, 9.17) is 9.15 Å². The summed E-state index contributed by atoms with van der Waals surface area (Å²) in [5.74, 6) is 1.65. The highest BCUT2D eigenvalue weighted by Crippen LogP contribution is 2.17. The van der Waals surface area contributed by atoms with Crippen molar-refractivity contribution in [2.45, 2.75) is 26.8 Å². The van der Waals surface area contributed by atoms with E-state index in [-0.39, 0.29) is 18.4 Å². The smallest absolute Gasteiger partial charge is 0.251 e. The Bertz CT molecular complexity index is 998. The van der Waals surface area contributed by atoms with E-state index < -0.39 is 0 Å². The van der Waals surface area contributed by atoms with Crippen LogP contribution in [0.5, 0.6) is 5.75 Å². The lowest BCUT2D eigenvalue weighted by molar-refractivity contribution is -0.114. The second-order valence-electron chi connectivity index (χ2n) is 7.80. The third kappa shape index (κ3) is 7.50. The zero-order valence-electron chi connectivity index (χ0n) is 18.4. The van der Waals surface area contributed by atoms with Crippen LogP contribution in [0.1, 0.15) is 36.4 Å². The van der Waals surface area contributed by atoms with Crippen molar-refractivity contribution in [1.29, 1.82) is 0 Å². The second-order valence-corrected chi connectivity index (χ2v) is 7.80.